The lowest BCUT2D eigenvalue weighted by Gasteiger charge is -2.04. The quantitative estimate of drug-likeness (QED) is 0.379. The first-order valence-electron chi connectivity index (χ1n) is 6.95. The maximum Gasteiger partial charge on any atom is 0.336 e. The summed E-state index contributed by atoms with van der Waals surface area (Å²) in [6, 6.07) is 12.4. The van der Waals surface area contributed by atoms with Crippen LogP contribution in [-0.4, -0.2) is 0 Å². The molecule has 0 N–H and O–H groups in total. The molecule has 2 aromatic heterocycles. The van der Waals surface area contributed by atoms with E-state index in [4.69, 9.17) is 20.4 Å². The monoisotopic (exact) mass is 388 g/mol. The SMILES string of the molecule is Cc1c(-c2cc(=O)oc3ccc(Cl)cc23)oc2ccc(Br)cc12. The fourth-order valence-electron chi connectivity index (χ4n) is 2.77. The van der Waals surface area contributed by atoms with E-state index in [1.165, 1.54) is 6.07 Å². The molecule has 0 spiro atoms. The zero-order valence-corrected chi connectivity index (χ0v) is 14.4. The number of aryl methyl sites for hydroxylation is 1. The van der Waals surface area contributed by atoms with Gasteiger partial charge in [-0.05, 0) is 43.3 Å². The van der Waals surface area contributed by atoms with Gasteiger partial charge in [0.25, 0.3) is 0 Å². The van der Waals surface area contributed by atoms with E-state index in [1.54, 1.807) is 18.2 Å². The molecule has 2 heterocycles. The lowest BCUT2D eigenvalue weighted by molar-refractivity contribution is 0.559. The second kappa shape index (κ2) is 5.25. The van der Waals surface area contributed by atoms with E-state index in [9.17, 15) is 4.79 Å². The molecule has 114 valence electrons. The second-order valence-electron chi connectivity index (χ2n) is 5.32. The summed E-state index contributed by atoms with van der Waals surface area (Å²) >= 11 is 9.57. The Bertz CT molecular complexity index is 1120. The molecule has 0 amide bonds. The number of furan rings is 1. The molecule has 0 saturated carbocycles. The summed E-state index contributed by atoms with van der Waals surface area (Å²) in [6.07, 6.45) is 0. The summed E-state index contributed by atoms with van der Waals surface area (Å²) in [5.41, 5.74) is 2.48. The molecule has 23 heavy (non-hydrogen) atoms. The predicted octanol–water partition coefficient (Wildman–Crippen LogP) is 5.93. The molecular weight excluding hydrogens is 380 g/mol. The van der Waals surface area contributed by atoms with E-state index < -0.39 is 5.63 Å². The Labute approximate surface area is 144 Å². The molecule has 3 nitrogen and oxygen atoms in total. The van der Waals surface area contributed by atoms with Crippen molar-refractivity contribution in [2.45, 2.75) is 6.92 Å². The zero-order valence-electron chi connectivity index (χ0n) is 12.0. The van der Waals surface area contributed by atoms with Crippen molar-refractivity contribution in [3.05, 3.63) is 67.9 Å². The van der Waals surface area contributed by atoms with Crippen molar-refractivity contribution in [2.24, 2.45) is 0 Å². The van der Waals surface area contributed by atoms with Crippen molar-refractivity contribution in [1.29, 1.82) is 0 Å². The largest absolute Gasteiger partial charge is 0.456 e. The number of rotatable bonds is 1. The van der Waals surface area contributed by atoms with E-state index in [2.05, 4.69) is 15.9 Å². The van der Waals surface area contributed by atoms with Gasteiger partial charge in [-0.25, -0.2) is 4.79 Å². The smallest absolute Gasteiger partial charge is 0.336 e. The predicted molar refractivity (Wildman–Crippen MR) is 95.1 cm³/mol. The standard InChI is InChI=1S/C18H10BrClO3/c1-9-12-6-10(19)2-4-15(12)23-18(9)14-8-17(21)22-16-5-3-11(20)7-13(14)16/h2-8H,1H3. The highest BCUT2D eigenvalue weighted by Gasteiger charge is 2.17. The third-order valence-corrected chi connectivity index (χ3v) is 4.58. The van der Waals surface area contributed by atoms with Crippen LogP contribution in [0.15, 0.2) is 60.6 Å². The molecule has 0 aliphatic carbocycles. The van der Waals surface area contributed by atoms with Gasteiger partial charge < -0.3 is 8.83 Å². The van der Waals surface area contributed by atoms with Gasteiger partial charge in [-0.2, -0.15) is 0 Å². The first kappa shape index (κ1) is 14.5. The summed E-state index contributed by atoms with van der Waals surface area (Å²) in [4.78, 5) is 11.9. The first-order chi connectivity index (χ1) is 11.0. The molecule has 0 saturated heterocycles. The van der Waals surface area contributed by atoms with Crippen LogP contribution in [0, 0.1) is 6.92 Å². The summed E-state index contributed by atoms with van der Waals surface area (Å²) in [6.45, 7) is 1.97. The van der Waals surface area contributed by atoms with Gasteiger partial charge in [0.05, 0.1) is 0 Å². The average Bonchev–Trinajstić information content (AvgIpc) is 2.84. The molecule has 2 aromatic carbocycles. The third-order valence-electron chi connectivity index (χ3n) is 3.85. The summed E-state index contributed by atoms with van der Waals surface area (Å²) in [7, 11) is 0. The van der Waals surface area contributed by atoms with E-state index in [0.717, 1.165) is 26.4 Å². The van der Waals surface area contributed by atoms with E-state index in [0.29, 0.717) is 21.9 Å². The Morgan fingerprint density at radius 2 is 1.70 bits per heavy atom. The maximum absolute atomic E-state index is 11.9. The van der Waals surface area contributed by atoms with Crippen LogP contribution in [0.4, 0.5) is 0 Å². The highest BCUT2D eigenvalue weighted by atomic mass is 79.9. The van der Waals surface area contributed by atoms with Gasteiger partial charge in [-0.3, -0.25) is 0 Å². The van der Waals surface area contributed by atoms with Crippen LogP contribution < -0.4 is 5.63 Å². The van der Waals surface area contributed by atoms with Crippen molar-refractivity contribution in [1.82, 2.24) is 0 Å². The van der Waals surface area contributed by atoms with Crippen LogP contribution in [0.5, 0.6) is 0 Å². The van der Waals surface area contributed by atoms with Gasteiger partial charge in [0, 0.05) is 37.5 Å². The zero-order chi connectivity index (χ0) is 16.1. The van der Waals surface area contributed by atoms with E-state index in [1.807, 2.05) is 25.1 Å². The summed E-state index contributed by atoms with van der Waals surface area (Å²) < 4.78 is 12.2. The Hall–Kier alpha value is -2.04. The van der Waals surface area contributed by atoms with E-state index in [-0.39, 0.29) is 0 Å². The topological polar surface area (TPSA) is 43.4 Å². The molecule has 0 atom stereocenters. The van der Waals surface area contributed by atoms with Crippen molar-refractivity contribution >= 4 is 49.5 Å². The second-order valence-corrected chi connectivity index (χ2v) is 6.67. The third kappa shape index (κ3) is 2.38. The summed E-state index contributed by atoms with van der Waals surface area (Å²) in [5, 5.41) is 2.32. The van der Waals surface area contributed by atoms with Gasteiger partial charge >= 0.3 is 5.63 Å². The highest BCUT2D eigenvalue weighted by Crippen LogP contribution is 2.37. The normalized spacial score (nSPS) is 11.4. The Morgan fingerprint density at radius 3 is 2.52 bits per heavy atom. The average molecular weight is 390 g/mol. The maximum atomic E-state index is 11.9. The van der Waals surface area contributed by atoms with Gasteiger partial charge in [0.2, 0.25) is 0 Å². The molecule has 0 bridgehead atoms. The molecule has 4 rings (SSSR count). The fourth-order valence-corrected chi connectivity index (χ4v) is 3.31. The summed E-state index contributed by atoms with van der Waals surface area (Å²) in [5.74, 6) is 0.651. The minimum absolute atomic E-state index is 0.421. The van der Waals surface area contributed by atoms with Crippen LogP contribution in [0.3, 0.4) is 0 Å². The van der Waals surface area contributed by atoms with Gasteiger partial charge in [0.1, 0.15) is 16.9 Å². The minimum atomic E-state index is -0.421. The molecule has 0 aliphatic rings. The number of benzene rings is 2. The van der Waals surface area contributed by atoms with Crippen LogP contribution in [0.2, 0.25) is 5.02 Å². The van der Waals surface area contributed by atoms with Crippen molar-refractivity contribution in [3.63, 3.8) is 0 Å². The highest BCUT2D eigenvalue weighted by molar-refractivity contribution is 9.10. The number of hydrogen-bond acceptors (Lipinski definition) is 3. The number of halogens is 2. The Balaban J connectivity index is 2.12. The Kier molecular flexibility index (Phi) is 3.32. The molecule has 0 radical (unpaired) electrons. The van der Waals surface area contributed by atoms with Crippen LogP contribution in [0.25, 0.3) is 33.3 Å². The molecule has 0 aliphatic heterocycles. The molecule has 4 aromatic rings. The molecular formula is C18H10BrClO3. The number of hydrogen-bond donors (Lipinski definition) is 0. The molecule has 0 fully saturated rings. The number of fused-ring (bicyclic) bond motifs is 2. The minimum Gasteiger partial charge on any atom is -0.456 e. The van der Waals surface area contributed by atoms with Gasteiger partial charge in [-0.1, -0.05) is 27.5 Å². The van der Waals surface area contributed by atoms with Crippen molar-refractivity contribution in [2.75, 3.05) is 0 Å². The van der Waals surface area contributed by atoms with E-state index >= 15 is 0 Å². The van der Waals surface area contributed by atoms with Gasteiger partial charge in [0.15, 0.2) is 0 Å². The van der Waals surface area contributed by atoms with Crippen molar-refractivity contribution < 1.29 is 8.83 Å². The molecule has 0 unspecified atom stereocenters. The molecule has 5 heteroatoms. The lowest BCUT2D eigenvalue weighted by Crippen LogP contribution is -1.98. The van der Waals surface area contributed by atoms with Gasteiger partial charge in [-0.15, -0.1) is 0 Å². The Morgan fingerprint density at radius 1 is 0.957 bits per heavy atom. The van der Waals surface area contributed by atoms with Crippen LogP contribution in [-0.2, 0) is 0 Å². The lowest BCUT2D eigenvalue weighted by atomic mass is 10.0. The first-order valence-corrected chi connectivity index (χ1v) is 8.12. The van der Waals surface area contributed by atoms with Crippen LogP contribution >= 0.6 is 27.5 Å². The van der Waals surface area contributed by atoms with Crippen molar-refractivity contribution in [3.8, 4) is 11.3 Å². The fraction of sp³-hybridized carbons (Fsp3) is 0.0556. The van der Waals surface area contributed by atoms with Crippen LogP contribution in [0.1, 0.15) is 5.56 Å².